The van der Waals surface area contributed by atoms with Gasteiger partial charge in [-0.25, -0.2) is 9.13 Å². The second kappa shape index (κ2) is 28.1. The van der Waals surface area contributed by atoms with E-state index in [-0.39, 0.29) is 62.5 Å². The lowest BCUT2D eigenvalue weighted by molar-refractivity contribution is -0.132. The van der Waals surface area contributed by atoms with Gasteiger partial charge in [-0.2, -0.15) is 0 Å². The van der Waals surface area contributed by atoms with E-state index in [9.17, 15) is 33.3 Å². The van der Waals surface area contributed by atoms with E-state index < -0.39 is 21.2 Å². The molecule has 0 rings (SSSR count). The van der Waals surface area contributed by atoms with Crippen molar-refractivity contribution < 1.29 is 51.4 Å². The molecule has 0 fully saturated rings. The lowest BCUT2D eigenvalue weighted by atomic mass is 9.84. The van der Waals surface area contributed by atoms with Crippen molar-refractivity contribution in [2.45, 2.75) is 177 Å². The number of hydrogen-bond acceptors (Lipinski definition) is 9. The van der Waals surface area contributed by atoms with Crippen molar-refractivity contribution in [2.24, 2.45) is 10.8 Å². The van der Waals surface area contributed by atoms with Crippen molar-refractivity contribution >= 4 is 33.4 Å². The average Bonchev–Trinajstić information content (AvgIpc) is 3.05. The van der Waals surface area contributed by atoms with Gasteiger partial charge in [0, 0.05) is 45.4 Å². The Kier molecular flexibility index (Phi) is 27.4. The first-order chi connectivity index (χ1) is 25.5. The van der Waals surface area contributed by atoms with E-state index in [2.05, 4.69) is 52.2 Å². The van der Waals surface area contributed by atoms with Gasteiger partial charge in [-0.1, -0.05) is 80.1 Å². The maximum Gasteiger partial charge on any atom is 0.472 e. The molecule has 0 saturated heterocycles. The minimum Gasteiger partial charge on any atom is -0.356 e. The predicted molar refractivity (Wildman–Crippen MR) is 218 cm³/mol. The van der Waals surface area contributed by atoms with Gasteiger partial charge in [-0.15, -0.1) is 0 Å². The number of carbonyl (C=O) groups excluding carboxylic acids is 3. The summed E-state index contributed by atoms with van der Waals surface area (Å²) in [5.41, 5.74) is -0.346. The fraction of sp³-hybridized carbons (Fsp3) is 0.923. The lowest BCUT2D eigenvalue weighted by Gasteiger charge is -2.25. The van der Waals surface area contributed by atoms with Crippen molar-refractivity contribution in [2.75, 3.05) is 46.0 Å². The van der Waals surface area contributed by atoms with Crippen molar-refractivity contribution in [3.8, 4) is 0 Å². The van der Waals surface area contributed by atoms with Crippen LogP contribution in [-0.2, 0) is 41.6 Å². The van der Waals surface area contributed by atoms with Crippen LogP contribution in [0.1, 0.15) is 171 Å². The average molecular weight is 828 g/mol. The number of hydrogen-bond donors (Lipinski definition) is 4. The van der Waals surface area contributed by atoms with Crippen molar-refractivity contribution in [3.63, 3.8) is 0 Å². The highest BCUT2D eigenvalue weighted by Gasteiger charge is 2.29. The van der Waals surface area contributed by atoms with Gasteiger partial charge in [0.25, 0.3) is 0 Å². The molecule has 14 nitrogen and oxygen atoms in total. The Morgan fingerprint density at radius 2 is 1.04 bits per heavy atom. The molecule has 0 aromatic heterocycles. The highest BCUT2D eigenvalue weighted by atomic mass is 31.2. The fourth-order valence-electron chi connectivity index (χ4n) is 5.44. The van der Waals surface area contributed by atoms with E-state index >= 15 is 0 Å². The SMILES string of the molecule is CCC(C)(C)CCCCC(=O)NCCCCCC(=O)N(CCOP(=O)(O)OCCCCCCNC(=O)CCCCC(C)(C)C)CCOP(=O)(O)OC(C)(C)C. The van der Waals surface area contributed by atoms with Gasteiger partial charge in [0.2, 0.25) is 17.7 Å². The fourth-order valence-corrected chi connectivity index (χ4v) is 7.24. The van der Waals surface area contributed by atoms with Gasteiger partial charge in [0.1, 0.15) is 0 Å². The summed E-state index contributed by atoms with van der Waals surface area (Å²) in [4.78, 5) is 58.9. The molecule has 326 valence electrons. The third-order valence-corrected chi connectivity index (χ3v) is 11.4. The van der Waals surface area contributed by atoms with Gasteiger partial charge < -0.3 is 25.3 Å². The molecular weight excluding hydrogens is 748 g/mol. The van der Waals surface area contributed by atoms with E-state index in [1.807, 2.05) is 0 Å². The Morgan fingerprint density at radius 1 is 0.582 bits per heavy atom. The highest BCUT2D eigenvalue weighted by Crippen LogP contribution is 2.47. The Balaban J connectivity index is 4.57. The normalized spacial score (nSPS) is 14.6. The van der Waals surface area contributed by atoms with Crippen molar-refractivity contribution in [3.05, 3.63) is 0 Å². The number of nitrogens with zero attached hydrogens (tertiary/aromatic N) is 1. The Bertz CT molecular complexity index is 1170. The molecule has 2 unspecified atom stereocenters. The van der Waals surface area contributed by atoms with Crippen LogP contribution in [0.2, 0.25) is 0 Å². The maximum atomic E-state index is 13.1. The summed E-state index contributed by atoms with van der Waals surface area (Å²) in [5, 5.41) is 5.89. The van der Waals surface area contributed by atoms with Gasteiger partial charge in [-0.3, -0.25) is 32.5 Å². The molecular formula is C39H79N3O11P2. The Hall–Kier alpha value is -1.37. The number of unbranched alkanes of at least 4 members (excludes halogenated alkanes) is 7. The zero-order valence-electron chi connectivity index (χ0n) is 35.9. The van der Waals surface area contributed by atoms with Crippen LogP contribution in [0.3, 0.4) is 0 Å². The molecule has 3 amide bonds. The molecule has 0 spiro atoms. The molecule has 0 saturated carbocycles. The molecule has 0 bridgehead atoms. The molecule has 0 heterocycles. The number of phosphoric acid groups is 2. The number of carbonyl (C=O) groups is 3. The van der Waals surface area contributed by atoms with Gasteiger partial charge in [0.05, 0.1) is 25.4 Å². The Labute approximate surface area is 333 Å². The largest absolute Gasteiger partial charge is 0.472 e. The van der Waals surface area contributed by atoms with E-state index in [0.29, 0.717) is 57.0 Å². The molecule has 0 aliphatic rings. The van der Waals surface area contributed by atoms with Crippen molar-refractivity contribution in [1.82, 2.24) is 15.5 Å². The van der Waals surface area contributed by atoms with Crippen LogP contribution in [0.5, 0.6) is 0 Å². The second-order valence-electron chi connectivity index (χ2n) is 17.4. The quantitative estimate of drug-likeness (QED) is 0.0365. The summed E-state index contributed by atoms with van der Waals surface area (Å²) in [5.74, 6) is -0.175. The van der Waals surface area contributed by atoms with Crippen LogP contribution in [0.15, 0.2) is 0 Å². The first-order valence-corrected chi connectivity index (χ1v) is 23.6. The summed E-state index contributed by atoms with van der Waals surface area (Å²) < 4.78 is 45.2. The van der Waals surface area contributed by atoms with Crippen LogP contribution in [0.4, 0.5) is 0 Å². The number of nitrogens with one attached hydrogen (secondary N) is 2. The van der Waals surface area contributed by atoms with E-state index in [1.165, 1.54) is 4.90 Å². The van der Waals surface area contributed by atoms with Crippen LogP contribution in [-0.4, -0.2) is 84.0 Å². The highest BCUT2D eigenvalue weighted by molar-refractivity contribution is 7.47. The van der Waals surface area contributed by atoms with Crippen LogP contribution >= 0.6 is 15.6 Å². The number of rotatable bonds is 33. The smallest absolute Gasteiger partial charge is 0.356 e. The van der Waals surface area contributed by atoms with Crippen LogP contribution in [0.25, 0.3) is 0 Å². The zero-order valence-corrected chi connectivity index (χ0v) is 37.7. The molecule has 0 radical (unpaired) electrons. The molecule has 16 heteroatoms. The molecule has 0 aromatic rings. The second-order valence-corrected chi connectivity index (χ2v) is 20.3. The molecule has 2 atom stereocenters. The standard InChI is InChI=1S/C39H79N3O11P2/c1-10-39(8,9)26-18-16-23-35(44)41-28-20-13-14-24-36(45)42(30-33-52-55(48,49)53-38(5,6)7)29-32-51-54(46,47)50-31-21-12-11-19-27-40-34(43)22-15-17-25-37(2,3)4/h10-33H2,1-9H3,(H,40,43)(H,41,44)(H,46,47)(H,48,49). The number of amides is 3. The van der Waals surface area contributed by atoms with Crippen LogP contribution in [0, 0.1) is 10.8 Å². The van der Waals surface area contributed by atoms with E-state index in [4.69, 9.17) is 18.1 Å². The summed E-state index contributed by atoms with van der Waals surface area (Å²) in [6.45, 7) is 18.5. The monoisotopic (exact) mass is 828 g/mol. The summed E-state index contributed by atoms with van der Waals surface area (Å²) in [6, 6.07) is 0. The van der Waals surface area contributed by atoms with E-state index in [1.54, 1.807) is 20.8 Å². The predicted octanol–water partition coefficient (Wildman–Crippen LogP) is 8.84. The van der Waals surface area contributed by atoms with Crippen molar-refractivity contribution in [1.29, 1.82) is 0 Å². The summed E-state index contributed by atoms with van der Waals surface area (Å²) in [6.07, 6.45) is 13.2. The number of phosphoric ester groups is 2. The van der Waals surface area contributed by atoms with Gasteiger partial charge in [-0.05, 0) is 83.0 Å². The minimum absolute atomic E-state index is 0.0156. The topological polar surface area (TPSA) is 190 Å². The lowest BCUT2D eigenvalue weighted by Crippen LogP contribution is -2.36. The zero-order chi connectivity index (χ0) is 42.0. The Morgan fingerprint density at radius 3 is 1.55 bits per heavy atom. The molecule has 0 aromatic carbocycles. The van der Waals surface area contributed by atoms with Gasteiger partial charge in [0.15, 0.2) is 0 Å². The summed E-state index contributed by atoms with van der Waals surface area (Å²) in [7, 11) is -8.76. The third-order valence-electron chi connectivity index (χ3n) is 9.06. The first kappa shape index (κ1) is 53.6. The maximum absolute atomic E-state index is 13.1. The molecule has 0 aliphatic carbocycles. The molecule has 55 heavy (non-hydrogen) atoms. The summed E-state index contributed by atoms with van der Waals surface area (Å²) >= 11 is 0. The molecule has 4 N–H and O–H groups in total. The third kappa shape index (κ3) is 34.4. The van der Waals surface area contributed by atoms with Crippen LogP contribution < -0.4 is 10.6 Å². The van der Waals surface area contributed by atoms with Gasteiger partial charge >= 0.3 is 15.6 Å². The first-order valence-electron chi connectivity index (χ1n) is 20.6. The van der Waals surface area contributed by atoms with E-state index in [0.717, 1.165) is 64.2 Å². The minimum atomic E-state index is -4.38. The molecule has 0 aliphatic heterocycles.